The summed E-state index contributed by atoms with van der Waals surface area (Å²) in [4.78, 5) is 4.24. The number of nitrogens with zero attached hydrogens (tertiary/aromatic N) is 1. The van der Waals surface area contributed by atoms with E-state index in [4.69, 9.17) is 25.8 Å². The molecule has 0 unspecified atom stereocenters. The summed E-state index contributed by atoms with van der Waals surface area (Å²) in [5.74, 6) is 0.271. The van der Waals surface area contributed by atoms with Gasteiger partial charge in [-0.15, -0.1) is 0 Å². The minimum absolute atomic E-state index is 0.0379. The van der Waals surface area contributed by atoms with Gasteiger partial charge in [0.2, 0.25) is 0 Å². The average Bonchev–Trinajstić information content (AvgIpc) is 2.76. The van der Waals surface area contributed by atoms with E-state index < -0.39 is 5.79 Å². The van der Waals surface area contributed by atoms with Crippen LogP contribution in [0.4, 0.5) is 0 Å². The van der Waals surface area contributed by atoms with Gasteiger partial charge in [0.05, 0.1) is 12.1 Å². The summed E-state index contributed by atoms with van der Waals surface area (Å²) < 4.78 is 17.0. The van der Waals surface area contributed by atoms with Crippen molar-refractivity contribution in [1.29, 1.82) is 0 Å². The van der Waals surface area contributed by atoms with Crippen LogP contribution >= 0.6 is 11.6 Å². The first-order valence-corrected chi connectivity index (χ1v) is 6.90. The van der Waals surface area contributed by atoms with Crippen LogP contribution in [-0.2, 0) is 9.47 Å². The lowest BCUT2D eigenvalue weighted by Crippen LogP contribution is -2.25. The van der Waals surface area contributed by atoms with Gasteiger partial charge in [0, 0.05) is 5.39 Å². The normalized spacial score (nSPS) is 21.2. The molecule has 1 fully saturated rings. The Hall–Kier alpha value is -1.36. The van der Waals surface area contributed by atoms with Crippen molar-refractivity contribution in [2.75, 3.05) is 13.2 Å². The minimum atomic E-state index is -0.516. The van der Waals surface area contributed by atoms with E-state index >= 15 is 0 Å². The largest absolute Gasteiger partial charge is 0.491 e. The maximum Gasteiger partial charge on any atom is 0.163 e. The molecule has 0 saturated carbocycles. The number of pyridine rings is 1. The predicted molar refractivity (Wildman–Crippen MR) is 77.2 cm³/mol. The van der Waals surface area contributed by atoms with Crippen LogP contribution in [0.2, 0.25) is 5.15 Å². The fraction of sp³-hybridized carbons (Fsp3) is 0.400. The van der Waals surface area contributed by atoms with Crippen LogP contribution in [-0.4, -0.2) is 30.1 Å². The van der Waals surface area contributed by atoms with Gasteiger partial charge >= 0.3 is 0 Å². The number of rotatable bonds is 3. The van der Waals surface area contributed by atoms with E-state index in [1.807, 2.05) is 38.1 Å². The quantitative estimate of drug-likeness (QED) is 0.813. The molecule has 0 spiro atoms. The Morgan fingerprint density at radius 1 is 1.35 bits per heavy atom. The molecule has 1 saturated heterocycles. The third kappa shape index (κ3) is 3.03. The minimum Gasteiger partial charge on any atom is -0.491 e. The molecule has 106 valence electrons. The molecule has 2 aromatic rings. The zero-order chi connectivity index (χ0) is 14.2. The summed E-state index contributed by atoms with van der Waals surface area (Å²) in [6, 6.07) is 9.42. The van der Waals surface area contributed by atoms with Gasteiger partial charge < -0.3 is 14.2 Å². The van der Waals surface area contributed by atoms with Crippen molar-refractivity contribution < 1.29 is 14.2 Å². The summed E-state index contributed by atoms with van der Waals surface area (Å²) >= 11 is 5.86. The lowest BCUT2D eigenvalue weighted by molar-refractivity contribution is -0.141. The molecule has 0 N–H and O–H groups in total. The topological polar surface area (TPSA) is 40.6 Å². The molecule has 0 amide bonds. The van der Waals surface area contributed by atoms with E-state index in [-0.39, 0.29) is 6.10 Å². The van der Waals surface area contributed by atoms with Gasteiger partial charge in [-0.05, 0) is 44.2 Å². The van der Waals surface area contributed by atoms with Crippen molar-refractivity contribution >= 4 is 22.5 Å². The van der Waals surface area contributed by atoms with Crippen molar-refractivity contribution in [2.45, 2.75) is 25.7 Å². The highest BCUT2D eigenvalue weighted by atomic mass is 35.5. The number of benzene rings is 1. The van der Waals surface area contributed by atoms with Crippen molar-refractivity contribution in [3.05, 3.63) is 35.5 Å². The van der Waals surface area contributed by atoms with Crippen LogP contribution < -0.4 is 4.74 Å². The van der Waals surface area contributed by atoms with Crippen LogP contribution in [0.5, 0.6) is 5.75 Å². The Labute approximate surface area is 122 Å². The van der Waals surface area contributed by atoms with Crippen LogP contribution in [0, 0.1) is 0 Å². The number of aromatic nitrogens is 1. The maximum atomic E-state index is 5.86. The summed E-state index contributed by atoms with van der Waals surface area (Å²) in [5.41, 5.74) is 0.853. The van der Waals surface area contributed by atoms with Crippen LogP contribution in [0.15, 0.2) is 30.3 Å². The highest BCUT2D eigenvalue weighted by Gasteiger charge is 2.32. The Kier molecular flexibility index (Phi) is 3.54. The SMILES string of the molecule is CC1(C)OC[C@H](COc2ccc3nc(Cl)ccc3c2)O1. The fourth-order valence-electron chi connectivity index (χ4n) is 2.20. The van der Waals surface area contributed by atoms with Gasteiger partial charge in [-0.3, -0.25) is 0 Å². The standard InChI is InChI=1S/C15H16ClNO3/c1-15(2)19-9-12(20-15)8-18-11-4-5-13-10(7-11)3-6-14(16)17-13/h3-7,12H,8-9H2,1-2H3/t12-/m0/s1. The molecule has 1 atom stereocenters. The Morgan fingerprint density at radius 3 is 2.95 bits per heavy atom. The van der Waals surface area contributed by atoms with Gasteiger partial charge in [0.1, 0.15) is 23.6 Å². The van der Waals surface area contributed by atoms with Crippen molar-refractivity contribution in [2.24, 2.45) is 0 Å². The average molecular weight is 294 g/mol. The molecular weight excluding hydrogens is 278 g/mol. The number of fused-ring (bicyclic) bond motifs is 1. The molecule has 1 aromatic heterocycles. The smallest absolute Gasteiger partial charge is 0.163 e. The number of hydrogen-bond acceptors (Lipinski definition) is 4. The van der Waals surface area contributed by atoms with Gasteiger partial charge in [-0.1, -0.05) is 11.6 Å². The molecule has 4 nitrogen and oxygen atoms in total. The highest BCUT2D eigenvalue weighted by Crippen LogP contribution is 2.24. The molecule has 2 heterocycles. The molecular formula is C15H16ClNO3. The molecule has 5 heteroatoms. The summed E-state index contributed by atoms with van der Waals surface area (Å²) in [6.45, 7) is 4.82. The van der Waals surface area contributed by atoms with Crippen LogP contribution in [0.1, 0.15) is 13.8 Å². The van der Waals surface area contributed by atoms with Gasteiger partial charge in [0.25, 0.3) is 0 Å². The summed E-state index contributed by atoms with van der Waals surface area (Å²) in [7, 11) is 0. The van der Waals surface area contributed by atoms with Crippen molar-refractivity contribution in [3.8, 4) is 5.75 Å². The first-order chi connectivity index (χ1) is 9.52. The molecule has 0 aliphatic carbocycles. The van der Waals surface area contributed by atoms with E-state index in [2.05, 4.69) is 4.98 Å². The molecule has 3 rings (SSSR count). The van der Waals surface area contributed by atoms with Crippen molar-refractivity contribution in [1.82, 2.24) is 4.98 Å². The van der Waals surface area contributed by atoms with E-state index in [0.29, 0.717) is 18.4 Å². The van der Waals surface area contributed by atoms with Gasteiger partial charge in [-0.25, -0.2) is 4.98 Å². The van der Waals surface area contributed by atoms with E-state index in [9.17, 15) is 0 Å². The fourth-order valence-corrected chi connectivity index (χ4v) is 2.36. The molecule has 0 radical (unpaired) electrons. The Morgan fingerprint density at radius 2 is 2.20 bits per heavy atom. The molecule has 1 aliphatic heterocycles. The number of halogens is 1. The lowest BCUT2D eigenvalue weighted by atomic mass is 10.2. The second-order valence-corrected chi connectivity index (χ2v) is 5.64. The van der Waals surface area contributed by atoms with E-state index in [0.717, 1.165) is 16.7 Å². The number of ether oxygens (including phenoxy) is 3. The first kappa shape index (κ1) is 13.6. The van der Waals surface area contributed by atoms with Gasteiger partial charge in [-0.2, -0.15) is 0 Å². The first-order valence-electron chi connectivity index (χ1n) is 6.53. The lowest BCUT2D eigenvalue weighted by Gasteiger charge is -2.17. The monoisotopic (exact) mass is 293 g/mol. The molecule has 1 aliphatic rings. The summed E-state index contributed by atoms with van der Waals surface area (Å²) in [6.07, 6.45) is -0.0379. The highest BCUT2D eigenvalue weighted by molar-refractivity contribution is 6.29. The second kappa shape index (κ2) is 5.20. The second-order valence-electron chi connectivity index (χ2n) is 5.25. The Bertz CT molecular complexity index is 630. The van der Waals surface area contributed by atoms with E-state index in [1.54, 1.807) is 6.07 Å². The Balaban J connectivity index is 1.67. The zero-order valence-corrected chi connectivity index (χ0v) is 12.2. The molecule has 0 bridgehead atoms. The number of hydrogen-bond donors (Lipinski definition) is 0. The third-order valence-electron chi connectivity index (χ3n) is 3.13. The van der Waals surface area contributed by atoms with Crippen molar-refractivity contribution in [3.63, 3.8) is 0 Å². The molecule has 1 aromatic carbocycles. The zero-order valence-electron chi connectivity index (χ0n) is 11.4. The summed E-state index contributed by atoms with van der Waals surface area (Å²) in [5, 5.41) is 1.49. The maximum absolute atomic E-state index is 5.86. The predicted octanol–water partition coefficient (Wildman–Crippen LogP) is 3.42. The van der Waals surface area contributed by atoms with Crippen LogP contribution in [0.25, 0.3) is 10.9 Å². The molecule has 20 heavy (non-hydrogen) atoms. The third-order valence-corrected chi connectivity index (χ3v) is 3.34. The van der Waals surface area contributed by atoms with Gasteiger partial charge in [0.15, 0.2) is 5.79 Å². The van der Waals surface area contributed by atoms with E-state index in [1.165, 1.54) is 0 Å². The van der Waals surface area contributed by atoms with Crippen LogP contribution in [0.3, 0.4) is 0 Å².